The van der Waals surface area contributed by atoms with Crippen LogP contribution in [0.2, 0.25) is 0 Å². The summed E-state index contributed by atoms with van der Waals surface area (Å²) < 4.78 is 53.3. The van der Waals surface area contributed by atoms with Crippen molar-refractivity contribution in [1.82, 2.24) is 14.5 Å². The smallest absolute Gasteiger partial charge is 0.243 e. The Balaban J connectivity index is 1.39. The quantitative estimate of drug-likeness (QED) is 0.732. The fourth-order valence-electron chi connectivity index (χ4n) is 3.84. The molecule has 7 nitrogen and oxygen atoms in total. The first-order valence-corrected chi connectivity index (χ1v) is 11.6. The molecule has 0 unspecified atom stereocenters. The van der Waals surface area contributed by atoms with E-state index >= 15 is 0 Å². The molecule has 0 N–H and O–H groups in total. The van der Waals surface area contributed by atoms with Crippen molar-refractivity contribution < 1.29 is 17.2 Å². The average Bonchev–Trinajstić information content (AvgIpc) is 2.76. The Morgan fingerprint density at radius 2 is 1.40 bits per heavy atom. The molecule has 30 heavy (non-hydrogen) atoms. The number of anilines is 2. The van der Waals surface area contributed by atoms with Gasteiger partial charge in [0.15, 0.2) is 23.3 Å². The van der Waals surface area contributed by atoms with Crippen LogP contribution in [0.5, 0.6) is 0 Å². The maximum Gasteiger partial charge on any atom is 0.243 e. The molecule has 2 saturated heterocycles. The zero-order valence-electron chi connectivity index (χ0n) is 16.8. The highest BCUT2D eigenvalue weighted by atomic mass is 32.2. The Hall–Kier alpha value is -2.33. The van der Waals surface area contributed by atoms with Crippen LogP contribution in [0.4, 0.5) is 20.4 Å². The van der Waals surface area contributed by atoms with Gasteiger partial charge in [-0.3, -0.25) is 0 Å². The molecule has 2 fully saturated rings. The molecule has 0 spiro atoms. The standard InChI is InChI=1S/C20H25F2N5O2S/c1-15-6-8-25(9-7-15)19-4-5-20(24-23-19)26-10-12-27(13-11-26)30(28,29)16-2-3-17(21)18(22)14-16/h2-5,14-15H,6-13H2,1H3. The lowest BCUT2D eigenvalue weighted by molar-refractivity contribution is 0.383. The maximum absolute atomic E-state index is 13.5. The molecule has 2 aliphatic heterocycles. The number of nitrogens with zero attached hydrogens (tertiary/aromatic N) is 5. The molecule has 0 saturated carbocycles. The monoisotopic (exact) mass is 437 g/mol. The van der Waals surface area contributed by atoms with Gasteiger partial charge >= 0.3 is 0 Å². The van der Waals surface area contributed by atoms with Gasteiger partial charge in [0.25, 0.3) is 0 Å². The van der Waals surface area contributed by atoms with E-state index in [9.17, 15) is 17.2 Å². The third-order valence-electron chi connectivity index (χ3n) is 5.84. The SMILES string of the molecule is CC1CCN(c2ccc(N3CCN(S(=O)(=O)c4ccc(F)c(F)c4)CC3)nn2)CC1. The summed E-state index contributed by atoms with van der Waals surface area (Å²) in [5, 5.41) is 8.70. The van der Waals surface area contributed by atoms with Crippen LogP contribution in [0.1, 0.15) is 19.8 Å². The van der Waals surface area contributed by atoms with E-state index in [1.165, 1.54) is 4.31 Å². The molecule has 1 aromatic carbocycles. The second-order valence-electron chi connectivity index (χ2n) is 7.89. The Bertz CT molecular complexity index is 987. The van der Waals surface area contributed by atoms with Gasteiger partial charge in [-0.2, -0.15) is 4.31 Å². The summed E-state index contributed by atoms with van der Waals surface area (Å²) in [6.07, 6.45) is 2.30. The van der Waals surface area contributed by atoms with Crippen molar-refractivity contribution in [2.75, 3.05) is 49.1 Å². The minimum Gasteiger partial charge on any atom is -0.355 e. The van der Waals surface area contributed by atoms with Crippen LogP contribution in [0.25, 0.3) is 0 Å². The summed E-state index contributed by atoms with van der Waals surface area (Å²) in [4.78, 5) is 3.98. The Morgan fingerprint density at radius 3 is 1.93 bits per heavy atom. The van der Waals surface area contributed by atoms with Crippen LogP contribution in [0.3, 0.4) is 0 Å². The number of piperazine rings is 1. The number of rotatable bonds is 4. The van der Waals surface area contributed by atoms with Gasteiger partial charge in [-0.15, -0.1) is 10.2 Å². The lowest BCUT2D eigenvalue weighted by Gasteiger charge is -2.35. The number of sulfonamides is 1. The topological polar surface area (TPSA) is 69.6 Å². The number of piperidine rings is 1. The molecule has 0 radical (unpaired) electrons. The Morgan fingerprint density at radius 1 is 0.833 bits per heavy atom. The van der Waals surface area contributed by atoms with Crippen molar-refractivity contribution in [3.05, 3.63) is 42.0 Å². The summed E-state index contributed by atoms with van der Waals surface area (Å²) in [6.45, 7) is 5.57. The zero-order valence-corrected chi connectivity index (χ0v) is 17.7. The fraction of sp³-hybridized carbons (Fsp3) is 0.500. The molecule has 3 heterocycles. The van der Waals surface area contributed by atoms with Gasteiger partial charge in [-0.05, 0) is 49.1 Å². The first-order chi connectivity index (χ1) is 14.3. The van der Waals surface area contributed by atoms with Crippen LogP contribution in [-0.2, 0) is 10.0 Å². The average molecular weight is 438 g/mol. The number of hydrogen-bond donors (Lipinski definition) is 0. The van der Waals surface area contributed by atoms with Gasteiger partial charge in [0.1, 0.15) is 0 Å². The van der Waals surface area contributed by atoms with Gasteiger partial charge in [0.2, 0.25) is 10.0 Å². The molecular weight excluding hydrogens is 412 g/mol. The molecule has 1 aromatic heterocycles. The fourth-order valence-corrected chi connectivity index (χ4v) is 5.27. The van der Waals surface area contributed by atoms with Gasteiger partial charge in [-0.1, -0.05) is 6.92 Å². The van der Waals surface area contributed by atoms with Crippen molar-refractivity contribution in [1.29, 1.82) is 0 Å². The lowest BCUT2D eigenvalue weighted by atomic mass is 9.99. The second kappa shape index (κ2) is 8.43. The Kier molecular flexibility index (Phi) is 5.88. The molecule has 0 aliphatic carbocycles. The van der Waals surface area contributed by atoms with Crippen molar-refractivity contribution >= 4 is 21.7 Å². The van der Waals surface area contributed by atoms with Gasteiger partial charge in [0.05, 0.1) is 4.90 Å². The summed E-state index contributed by atoms with van der Waals surface area (Å²) in [6, 6.07) is 6.52. The predicted octanol–water partition coefficient (Wildman–Crippen LogP) is 2.50. The Labute approximate surface area is 175 Å². The van der Waals surface area contributed by atoms with E-state index in [1.807, 2.05) is 17.0 Å². The molecule has 4 rings (SSSR count). The van der Waals surface area contributed by atoms with E-state index in [2.05, 4.69) is 22.0 Å². The highest BCUT2D eigenvalue weighted by Gasteiger charge is 2.30. The first-order valence-electron chi connectivity index (χ1n) is 10.1. The molecule has 0 atom stereocenters. The third kappa shape index (κ3) is 4.24. The highest BCUT2D eigenvalue weighted by Crippen LogP contribution is 2.24. The highest BCUT2D eigenvalue weighted by molar-refractivity contribution is 7.89. The molecule has 0 amide bonds. The number of benzene rings is 1. The summed E-state index contributed by atoms with van der Waals surface area (Å²) in [7, 11) is -3.88. The normalized spacial score (nSPS) is 19.3. The van der Waals surface area contributed by atoms with Crippen molar-refractivity contribution in [3.63, 3.8) is 0 Å². The van der Waals surface area contributed by atoms with E-state index in [0.29, 0.717) is 18.9 Å². The zero-order chi connectivity index (χ0) is 21.3. The minimum atomic E-state index is -3.88. The second-order valence-corrected chi connectivity index (χ2v) is 9.82. The molecular formula is C20H25F2N5O2S. The van der Waals surface area contributed by atoms with Crippen molar-refractivity contribution in [2.45, 2.75) is 24.7 Å². The van der Waals surface area contributed by atoms with Gasteiger partial charge in [0, 0.05) is 39.3 Å². The maximum atomic E-state index is 13.5. The summed E-state index contributed by atoms with van der Waals surface area (Å²) in [5.41, 5.74) is 0. The van der Waals surface area contributed by atoms with E-state index in [0.717, 1.165) is 55.9 Å². The number of halogens is 2. The van der Waals surface area contributed by atoms with E-state index in [1.54, 1.807) is 0 Å². The van der Waals surface area contributed by atoms with Crippen LogP contribution < -0.4 is 9.80 Å². The van der Waals surface area contributed by atoms with Crippen LogP contribution in [0, 0.1) is 17.6 Å². The van der Waals surface area contributed by atoms with Gasteiger partial charge in [-0.25, -0.2) is 17.2 Å². The molecule has 162 valence electrons. The predicted molar refractivity (Wildman–Crippen MR) is 110 cm³/mol. The van der Waals surface area contributed by atoms with E-state index in [4.69, 9.17) is 0 Å². The summed E-state index contributed by atoms with van der Waals surface area (Å²) in [5.74, 6) is 0.0692. The molecule has 2 aromatic rings. The molecule has 2 aliphatic rings. The van der Waals surface area contributed by atoms with Crippen LogP contribution in [-0.4, -0.2) is 62.2 Å². The third-order valence-corrected chi connectivity index (χ3v) is 7.73. The van der Waals surface area contributed by atoms with Crippen molar-refractivity contribution in [3.8, 4) is 0 Å². The summed E-state index contributed by atoms with van der Waals surface area (Å²) >= 11 is 0. The van der Waals surface area contributed by atoms with E-state index < -0.39 is 21.7 Å². The van der Waals surface area contributed by atoms with E-state index in [-0.39, 0.29) is 18.0 Å². The largest absolute Gasteiger partial charge is 0.355 e. The number of aromatic nitrogens is 2. The first kappa shape index (κ1) is 20.9. The van der Waals surface area contributed by atoms with Crippen LogP contribution >= 0.6 is 0 Å². The van der Waals surface area contributed by atoms with Crippen molar-refractivity contribution in [2.24, 2.45) is 5.92 Å². The lowest BCUT2D eigenvalue weighted by Crippen LogP contribution is -2.49. The van der Waals surface area contributed by atoms with Gasteiger partial charge < -0.3 is 9.80 Å². The number of hydrogen-bond acceptors (Lipinski definition) is 6. The van der Waals surface area contributed by atoms with Crippen LogP contribution in [0.15, 0.2) is 35.2 Å². The molecule has 10 heteroatoms. The molecule has 0 bridgehead atoms. The minimum absolute atomic E-state index is 0.231.